The van der Waals surface area contributed by atoms with E-state index in [4.69, 9.17) is 5.11 Å². The minimum absolute atomic E-state index is 0.348. The molecule has 0 bridgehead atoms. The molecule has 58 valence electrons. The van der Waals surface area contributed by atoms with E-state index in [-0.39, 0.29) is 5.41 Å². The summed E-state index contributed by atoms with van der Waals surface area (Å²) in [6, 6.07) is 0. The topological polar surface area (TPSA) is 37.3 Å². The number of hydrogen-bond acceptors (Lipinski definition) is 2. The van der Waals surface area contributed by atoms with Crippen molar-refractivity contribution >= 4 is 17.7 Å². The Morgan fingerprint density at radius 2 is 2.30 bits per heavy atom. The minimum Gasteiger partial charge on any atom is -0.481 e. The molecule has 0 heterocycles. The van der Waals surface area contributed by atoms with E-state index < -0.39 is 5.97 Å². The van der Waals surface area contributed by atoms with E-state index in [1.807, 2.05) is 6.26 Å². The molecule has 1 aliphatic rings. The second kappa shape index (κ2) is 2.82. The number of thioether (sulfide) groups is 1. The molecule has 0 atom stereocenters. The summed E-state index contributed by atoms with van der Waals surface area (Å²) in [6.45, 7) is 0. The van der Waals surface area contributed by atoms with Crippen molar-refractivity contribution in [3.63, 3.8) is 0 Å². The molecule has 1 aliphatic carbocycles. The SMILES string of the molecule is CSCC1(C(=O)O)CCC1. The van der Waals surface area contributed by atoms with E-state index in [1.54, 1.807) is 11.8 Å². The highest BCUT2D eigenvalue weighted by molar-refractivity contribution is 7.98. The lowest BCUT2D eigenvalue weighted by Gasteiger charge is -2.36. The van der Waals surface area contributed by atoms with Crippen LogP contribution < -0.4 is 0 Å². The van der Waals surface area contributed by atoms with Crippen molar-refractivity contribution in [1.29, 1.82) is 0 Å². The summed E-state index contributed by atoms with van der Waals surface area (Å²) in [5.41, 5.74) is -0.348. The molecule has 0 aliphatic heterocycles. The van der Waals surface area contributed by atoms with Crippen LogP contribution in [0.2, 0.25) is 0 Å². The average molecular weight is 160 g/mol. The van der Waals surface area contributed by atoms with Crippen LogP contribution in [0.1, 0.15) is 19.3 Å². The number of carboxylic acids is 1. The van der Waals surface area contributed by atoms with E-state index in [2.05, 4.69) is 0 Å². The van der Waals surface area contributed by atoms with E-state index in [0.29, 0.717) is 0 Å². The first kappa shape index (κ1) is 7.92. The molecule has 0 aromatic heterocycles. The molecule has 0 unspecified atom stereocenters. The van der Waals surface area contributed by atoms with Gasteiger partial charge in [0.25, 0.3) is 0 Å². The van der Waals surface area contributed by atoms with Crippen LogP contribution in [-0.4, -0.2) is 23.1 Å². The van der Waals surface area contributed by atoms with Crippen molar-refractivity contribution in [3.05, 3.63) is 0 Å². The molecule has 3 heteroatoms. The summed E-state index contributed by atoms with van der Waals surface area (Å²) < 4.78 is 0. The number of carboxylic acid groups (broad SMARTS) is 1. The van der Waals surface area contributed by atoms with Gasteiger partial charge in [-0.15, -0.1) is 0 Å². The number of rotatable bonds is 3. The molecule has 0 amide bonds. The van der Waals surface area contributed by atoms with Gasteiger partial charge in [-0.1, -0.05) is 6.42 Å². The van der Waals surface area contributed by atoms with Crippen molar-refractivity contribution in [2.45, 2.75) is 19.3 Å². The quantitative estimate of drug-likeness (QED) is 0.681. The van der Waals surface area contributed by atoms with Gasteiger partial charge in [0.1, 0.15) is 0 Å². The number of hydrogen-bond donors (Lipinski definition) is 1. The van der Waals surface area contributed by atoms with Crippen LogP contribution in [0.4, 0.5) is 0 Å². The van der Waals surface area contributed by atoms with Gasteiger partial charge in [-0.05, 0) is 19.1 Å². The Morgan fingerprint density at radius 1 is 1.70 bits per heavy atom. The van der Waals surface area contributed by atoms with Gasteiger partial charge >= 0.3 is 5.97 Å². The second-order valence-corrected chi connectivity index (χ2v) is 3.74. The predicted octanol–water partition coefficient (Wildman–Crippen LogP) is 1.60. The molecule has 0 aromatic carbocycles. The standard InChI is InChI=1S/C7H12O2S/c1-10-5-7(6(8)9)3-2-4-7/h2-5H2,1H3,(H,8,9). The minimum atomic E-state index is -0.604. The first-order valence-corrected chi connectivity index (χ1v) is 4.83. The molecule has 0 aromatic rings. The van der Waals surface area contributed by atoms with Gasteiger partial charge in [-0.25, -0.2) is 0 Å². The largest absolute Gasteiger partial charge is 0.481 e. The van der Waals surface area contributed by atoms with Crippen LogP contribution in [0.5, 0.6) is 0 Å². The smallest absolute Gasteiger partial charge is 0.310 e. The molecule has 1 rings (SSSR count). The molecule has 0 radical (unpaired) electrons. The fraction of sp³-hybridized carbons (Fsp3) is 0.857. The van der Waals surface area contributed by atoms with Crippen molar-refractivity contribution in [1.82, 2.24) is 0 Å². The zero-order valence-corrected chi connectivity index (χ0v) is 6.91. The highest BCUT2D eigenvalue weighted by Gasteiger charge is 2.43. The lowest BCUT2D eigenvalue weighted by atomic mass is 9.70. The summed E-state index contributed by atoms with van der Waals surface area (Å²) in [6.07, 6.45) is 4.81. The van der Waals surface area contributed by atoms with Crippen molar-refractivity contribution in [3.8, 4) is 0 Å². The van der Waals surface area contributed by atoms with Crippen molar-refractivity contribution < 1.29 is 9.90 Å². The molecular weight excluding hydrogens is 148 g/mol. The van der Waals surface area contributed by atoms with Crippen LogP contribution in [0.3, 0.4) is 0 Å². The Morgan fingerprint density at radius 3 is 2.40 bits per heavy atom. The normalized spacial score (nSPS) is 21.7. The maximum Gasteiger partial charge on any atom is 0.310 e. The predicted molar refractivity (Wildman–Crippen MR) is 42.3 cm³/mol. The third-order valence-electron chi connectivity index (χ3n) is 2.18. The zero-order chi connectivity index (χ0) is 7.61. The Bertz CT molecular complexity index is 141. The van der Waals surface area contributed by atoms with Crippen LogP contribution in [0.25, 0.3) is 0 Å². The van der Waals surface area contributed by atoms with Gasteiger partial charge < -0.3 is 5.11 Å². The van der Waals surface area contributed by atoms with Gasteiger partial charge in [0, 0.05) is 5.75 Å². The third-order valence-corrected chi connectivity index (χ3v) is 3.03. The number of carbonyl (C=O) groups is 1. The summed E-state index contributed by atoms with van der Waals surface area (Å²) in [5.74, 6) is 0.176. The number of aliphatic carboxylic acids is 1. The summed E-state index contributed by atoms with van der Waals surface area (Å²) in [4.78, 5) is 10.7. The Labute approximate surface area is 65.0 Å². The van der Waals surface area contributed by atoms with Crippen LogP contribution in [0.15, 0.2) is 0 Å². The van der Waals surface area contributed by atoms with E-state index in [0.717, 1.165) is 25.0 Å². The Balaban J connectivity index is 2.50. The lowest BCUT2D eigenvalue weighted by Crippen LogP contribution is -2.40. The molecular formula is C7H12O2S. The molecule has 0 spiro atoms. The van der Waals surface area contributed by atoms with Gasteiger partial charge in [-0.2, -0.15) is 11.8 Å². The van der Waals surface area contributed by atoms with Crippen LogP contribution >= 0.6 is 11.8 Å². The maximum absolute atomic E-state index is 10.7. The Kier molecular flexibility index (Phi) is 2.24. The summed E-state index contributed by atoms with van der Waals surface area (Å²) >= 11 is 1.63. The molecule has 1 N–H and O–H groups in total. The Hall–Kier alpha value is -0.180. The van der Waals surface area contributed by atoms with E-state index in [9.17, 15) is 4.79 Å². The highest BCUT2D eigenvalue weighted by Crippen LogP contribution is 2.43. The van der Waals surface area contributed by atoms with Gasteiger partial charge in [0.05, 0.1) is 5.41 Å². The molecule has 1 fully saturated rings. The zero-order valence-electron chi connectivity index (χ0n) is 6.09. The lowest BCUT2D eigenvalue weighted by molar-refractivity contribution is -0.152. The first-order chi connectivity index (χ1) is 4.71. The first-order valence-electron chi connectivity index (χ1n) is 3.44. The van der Waals surface area contributed by atoms with Crippen LogP contribution in [0, 0.1) is 5.41 Å². The maximum atomic E-state index is 10.7. The molecule has 10 heavy (non-hydrogen) atoms. The van der Waals surface area contributed by atoms with E-state index >= 15 is 0 Å². The molecule has 1 saturated carbocycles. The van der Waals surface area contributed by atoms with Crippen LogP contribution in [-0.2, 0) is 4.79 Å². The summed E-state index contributed by atoms with van der Waals surface area (Å²) in [5, 5.41) is 8.80. The molecule has 0 saturated heterocycles. The van der Waals surface area contributed by atoms with Crippen molar-refractivity contribution in [2.75, 3.05) is 12.0 Å². The van der Waals surface area contributed by atoms with Gasteiger partial charge in [0.15, 0.2) is 0 Å². The summed E-state index contributed by atoms with van der Waals surface area (Å²) in [7, 11) is 0. The van der Waals surface area contributed by atoms with Gasteiger partial charge in [0.2, 0.25) is 0 Å². The second-order valence-electron chi connectivity index (χ2n) is 2.87. The third kappa shape index (κ3) is 1.15. The average Bonchev–Trinajstić information content (AvgIpc) is 1.77. The fourth-order valence-corrected chi connectivity index (χ4v) is 2.26. The monoisotopic (exact) mass is 160 g/mol. The van der Waals surface area contributed by atoms with Crippen molar-refractivity contribution in [2.24, 2.45) is 5.41 Å². The highest BCUT2D eigenvalue weighted by atomic mass is 32.2. The molecule has 2 nitrogen and oxygen atoms in total. The van der Waals surface area contributed by atoms with E-state index in [1.165, 1.54) is 0 Å². The van der Waals surface area contributed by atoms with Gasteiger partial charge in [-0.3, -0.25) is 4.79 Å². The fourth-order valence-electron chi connectivity index (χ4n) is 1.30.